The fourth-order valence-electron chi connectivity index (χ4n) is 5.62. The monoisotopic (exact) mass is 631 g/mol. The Morgan fingerprint density at radius 2 is 1.57 bits per heavy atom. The average Bonchev–Trinajstić information content (AvgIpc) is 3.08. The zero-order valence-corrected chi connectivity index (χ0v) is 27.2. The topological polar surface area (TPSA) is 120 Å². The third-order valence-corrected chi connectivity index (χ3v) is 8.60. The van der Waals surface area contributed by atoms with Crippen molar-refractivity contribution in [2.75, 3.05) is 20.1 Å². The van der Waals surface area contributed by atoms with E-state index in [1.807, 2.05) is 92.8 Å². The third kappa shape index (κ3) is 10.7. The van der Waals surface area contributed by atoms with Gasteiger partial charge < -0.3 is 30.3 Å². The Morgan fingerprint density at radius 3 is 2.24 bits per heavy atom. The first-order valence-corrected chi connectivity index (χ1v) is 16.3. The number of aliphatic hydroxyl groups excluding tert-OH is 2. The molecule has 0 bridgehead atoms. The molecule has 9 nitrogen and oxygen atoms in total. The van der Waals surface area contributed by atoms with Crippen LogP contribution in [0.4, 0.5) is 0 Å². The van der Waals surface area contributed by atoms with Gasteiger partial charge in [-0.2, -0.15) is 0 Å². The van der Waals surface area contributed by atoms with Crippen LogP contribution in [0.3, 0.4) is 0 Å². The first-order chi connectivity index (χ1) is 22.2. The summed E-state index contributed by atoms with van der Waals surface area (Å²) in [7, 11) is 2.00. The number of hydrogen-bond donors (Lipinski definition) is 4. The van der Waals surface area contributed by atoms with Gasteiger partial charge in [-0.3, -0.25) is 14.5 Å². The molecule has 5 atom stereocenters. The first kappa shape index (κ1) is 35.3. The van der Waals surface area contributed by atoms with E-state index in [1.165, 1.54) is 6.92 Å². The van der Waals surface area contributed by atoms with Crippen molar-refractivity contribution in [2.24, 2.45) is 0 Å². The van der Waals surface area contributed by atoms with Crippen LogP contribution >= 0.6 is 0 Å². The number of carbonyl (C=O) groups excluding carboxylic acids is 2. The predicted molar refractivity (Wildman–Crippen MR) is 177 cm³/mol. The highest BCUT2D eigenvalue weighted by Crippen LogP contribution is 2.38. The SMILES string of the molecule is CC(=O)NCCCCCC(=O)NCc1ccc([C@H]2O[C@@H](CN(C)[C@H](C)[C@@H](O)c3ccccc3)C[C@@H](c3ccc(CO)cc3)O2)cc1. The lowest BCUT2D eigenvalue weighted by atomic mass is 9.98. The Bertz CT molecular complexity index is 1350. The molecule has 248 valence electrons. The predicted octanol–water partition coefficient (Wildman–Crippen LogP) is 5.09. The Morgan fingerprint density at radius 1 is 0.891 bits per heavy atom. The van der Waals surface area contributed by atoms with E-state index >= 15 is 0 Å². The molecule has 4 N–H and O–H groups in total. The third-order valence-electron chi connectivity index (χ3n) is 8.60. The summed E-state index contributed by atoms with van der Waals surface area (Å²) in [6.45, 7) is 5.19. The van der Waals surface area contributed by atoms with E-state index in [9.17, 15) is 19.8 Å². The van der Waals surface area contributed by atoms with Gasteiger partial charge in [0.25, 0.3) is 0 Å². The van der Waals surface area contributed by atoms with Crippen molar-refractivity contribution < 1.29 is 29.3 Å². The van der Waals surface area contributed by atoms with Gasteiger partial charge in [-0.25, -0.2) is 0 Å². The summed E-state index contributed by atoms with van der Waals surface area (Å²) in [6, 6.07) is 25.3. The molecule has 0 aliphatic carbocycles. The highest BCUT2D eigenvalue weighted by Gasteiger charge is 2.34. The Hall–Kier alpha value is -3.60. The maximum absolute atomic E-state index is 12.3. The molecule has 3 aromatic rings. The largest absolute Gasteiger partial charge is 0.392 e. The van der Waals surface area contributed by atoms with Crippen LogP contribution in [0, 0.1) is 0 Å². The summed E-state index contributed by atoms with van der Waals surface area (Å²) >= 11 is 0. The molecule has 1 aliphatic heterocycles. The molecule has 1 saturated heterocycles. The van der Waals surface area contributed by atoms with Crippen molar-refractivity contribution in [1.29, 1.82) is 0 Å². The maximum Gasteiger partial charge on any atom is 0.220 e. The summed E-state index contributed by atoms with van der Waals surface area (Å²) in [5, 5.41) is 26.3. The zero-order valence-electron chi connectivity index (χ0n) is 27.2. The van der Waals surface area contributed by atoms with E-state index in [2.05, 4.69) is 15.5 Å². The van der Waals surface area contributed by atoms with Gasteiger partial charge in [0.1, 0.15) is 0 Å². The minimum Gasteiger partial charge on any atom is -0.392 e. The van der Waals surface area contributed by atoms with E-state index < -0.39 is 12.4 Å². The number of nitrogens with one attached hydrogen (secondary N) is 2. The second-order valence-electron chi connectivity index (χ2n) is 12.2. The number of unbranched alkanes of at least 4 members (excludes halogenated alkanes) is 2. The van der Waals surface area contributed by atoms with E-state index in [0.29, 0.717) is 32.5 Å². The van der Waals surface area contributed by atoms with E-state index in [1.54, 1.807) is 0 Å². The van der Waals surface area contributed by atoms with Crippen LogP contribution in [-0.4, -0.2) is 59.2 Å². The number of rotatable bonds is 16. The lowest BCUT2D eigenvalue weighted by molar-refractivity contribution is -0.253. The number of likely N-dealkylation sites (N-methyl/N-ethyl adjacent to an activating group) is 1. The van der Waals surface area contributed by atoms with Crippen molar-refractivity contribution >= 4 is 11.8 Å². The molecule has 1 fully saturated rings. The molecule has 1 heterocycles. The fourth-order valence-corrected chi connectivity index (χ4v) is 5.62. The molecule has 46 heavy (non-hydrogen) atoms. The van der Waals surface area contributed by atoms with Gasteiger partial charge in [-0.05, 0) is 49.1 Å². The van der Waals surface area contributed by atoms with Crippen LogP contribution in [0.25, 0.3) is 0 Å². The number of aliphatic hydroxyl groups is 2. The first-order valence-electron chi connectivity index (χ1n) is 16.3. The fraction of sp³-hybridized carbons (Fsp3) is 0.459. The molecule has 0 unspecified atom stereocenters. The van der Waals surface area contributed by atoms with E-state index in [0.717, 1.165) is 47.1 Å². The summed E-state index contributed by atoms with van der Waals surface area (Å²) in [5.41, 5.74) is 4.61. The number of benzene rings is 3. The molecule has 9 heteroatoms. The molecular weight excluding hydrogens is 582 g/mol. The normalized spacial score (nSPS) is 19.4. The minimum absolute atomic E-state index is 0.0104. The quantitative estimate of drug-likeness (QED) is 0.163. The number of carbonyl (C=O) groups is 2. The summed E-state index contributed by atoms with van der Waals surface area (Å²) < 4.78 is 13.0. The average molecular weight is 632 g/mol. The number of ether oxygens (including phenoxy) is 2. The summed E-state index contributed by atoms with van der Waals surface area (Å²) in [6.07, 6.45) is 2.04. The van der Waals surface area contributed by atoms with Crippen LogP contribution < -0.4 is 10.6 Å². The summed E-state index contributed by atoms with van der Waals surface area (Å²) in [5.74, 6) is -0.0211. The lowest BCUT2D eigenvalue weighted by Gasteiger charge is -2.39. The van der Waals surface area contributed by atoms with Gasteiger partial charge in [0.15, 0.2) is 6.29 Å². The summed E-state index contributed by atoms with van der Waals surface area (Å²) in [4.78, 5) is 25.4. The Labute approximate surface area is 272 Å². The molecule has 0 saturated carbocycles. The van der Waals surface area contributed by atoms with Crippen LogP contribution in [0.5, 0.6) is 0 Å². The molecule has 3 aromatic carbocycles. The van der Waals surface area contributed by atoms with Crippen molar-refractivity contribution in [1.82, 2.24) is 15.5 Å². The van der Waals surface area contributed by atoms with Crippen molar-refractivity contribution in [3.63, 3.8) is 0 Å². The number of amides is 2. The number of nitrogens with zero attached hydrogens (tertiary/aromatic N) is 1. The molecule has 2 amide bonds. The van der Waals surface area contributed by atoms with Crippen LogP contribution in [0.1, 0.15) is 92.3 Å². The van der Waals surface area contributed by atoms with Crippen LogP contribution in [-0.2, 0) is 32.2 Å². The van der Waals surface area contributed by atoms with Gasteiger partial charge in [0, 0.05) is 51.0 Å². The molecule has 0 radical (unpaired) electrons. The van der Waals surface area contributed by atoms with E-state index in [-0.39, 0.29) is 36.7 Å². The maximum atomic E-state index is 12.3. The molecule has 1 aliphatic rings. The zero-order chi connectivity index (χ0) is 32.9. The lowest BCUT2D eigenvalue weighted by Crippen LogP contribution is -2.43. The van der Waals surface area contributed by atoms with Gasteiger partial charge in [-0.15, -0.1) is 0 Å². The van der Waals surface area contributed by atoms with Crippen LogP contribution in [0.15, 0.2) is 78.9 Å². The van der Waals surface area contributed by atoms with Crippen molar-refractivity contribution in [3.05, 3.63) is 107 Å². The number of hydrogen-bond acceptors (Lipinski definition) is 7. The van der Waals surface area contributed by atoms with Crippen molar-refractivity contribution in [2.45, 2.75) is 89.7 Å². The Balaban J connectivity index is 1.36. The van der Waals surface area contributed by atoms with Crippen molar-refractivity contribution in [3.8, 4) is 0 Å². The standard InChI is InChI=1S/C37H49N3O6/c1-26(36(44)31-10-6-4-7-11-31)40(3)24-33-22-34(30-17-15-29(25-41)16-18-30)46-37(45-33)32-19-13-28(14-20-32)23-39-35(43)12-8-5-9-21-38-27(2)42/h4,6-7,10-11,13-20,26,33-34,36-37,41,44H,5,8-9,12,21-25H2,1-3H3,(H,38,42)(H,39,43)/t26-,33-,34+,36-,37+/m1/s1. The minimum atomic E-state index is -0.633. The van der Waals surface area contributed by atoms with Gasteiger partial charge in [0.2, 0.25) is 11.8 Å². The van der Waals surface area contributed by atoms with Crippen LogP contribution in [0.2, 0.25) is 0 Å². The van der Waals surface area contributed by atoms with Gasteiger partial charge in [0.05, 0.1) is 24.9 Å². The highest BCUT2D eigenvalue weighted by molar-refractivity contribution is 5.75. The second-order valence-corrected chi connectivity index (χ2v) is 12.2. The molecule has 0 aromatic heterocycles. The molecule has 0 spiro atoms. The second kappa shape index (κ2) is 17.9. The van der Waals surface area contributed by atoms with Gasteiger partial charge in [-0.1, -0.05) is 85.3 Å². The highest BCUT2D eigenvalue weighted by atomic mass is 16.7. The van der Waals surface area contributed by atoms with E-state index in [4.69, 9.17) is 9.47 Å². The molecular formula is C37H49N3O6. The smallest absolute Gasteiger partial charge is 0.220 e. The van der Waals surface area contributed by atoms with Gasteiger partial charge >= 0.3 is 0 Å². The Kier molecular flexibility index (Phi) is 13.7. The molecule has 4 rings (SSSR count).